The molecule has 0 saturated heterocycles. The van der Waals surface area contributed by atoms with Crippen molar-refractivity contribution in [3.05, 3.63) is 0 Å². The summed E-state index contributed by atoms with van der Waals surface area (Å²) >= 11 is 0. The van der Waals surface area contributed by atoms with Crippen LogP contribution in [-0.2, 0) is 4.74 Å². The van der Waals surface area contributed by atoms with E-state index in [2.05, 4.69) is 26.2 Å². The van der Waals surface area contributed by atoms with E-state index in [9.17, 15) is 0 Å². The van der Waals surface area contributed by atoms with Gasteiger partial charge in [-0.2, -0.15) is 0 Å². The molecule has 2 nitrogen and oxygen atoms in total. The number of hydrogen-bond acceptors (Lipinski definition) is 2. The number of ether oxygens (including phenoxy) is 1. The highest BCUT2D eigenvalue weighted by Crippen LogP contribution is 2.35. The van der Waals surface area contributed by atoms with Gasteiger partial charge in [-0.25, -0.2) is 0 Å². The van der Waals surface area contributed by atoms with Gasteiger partial charge in [-0.05, 0) is 50.5 Å². The second-order valence-corrected chi connectivity index (χ2v) is 5.25. The van der Waals surface area contributed by atoms with E-state index in [4.69, 9.17) is 4.74 Å². The molecule has 3 unspecified atom stereocenters. The lowest BCUT2D eigenvalue weighted by Crippen LogP contribution is -2.40. The minimum absolute atomic E-state index is 0.718. The van der Waals surface area contributed by atoms with E-state index >= 15 is 0 Å². The molecule has 1 fully saturated rings. The minimum Gasteiger partial charge on any atom is -0.385 e. The molecule has 1 saturated carbocycles. The number of methoxy groups -OCH3 is 1. The monoisotopic (exact) mass is 213 g/mol. The average Bonchev–Trinajstić information content (AvgIpc) is 2.25. The van der Waals surface area contributed by atoms with Crippen LogP contribution in [0, 0.1) is 17.8 Å². The van der Waals surface area contributed by atoms with Crippen molar-refractivity contribution in [2.75, 3.05) is 20.8 Å². The summed E-state index contributed by atoms with van der Waals surface area (Å²) in [6.45, 7) is 5.63. The molecule has 0 amide bonds. The molecule has 1 N–H and O–H groups in total. The topological polar surface area (TPSA) is 21.3 Å². The Bertz CT molecular complexity index is 170. The van der Waals surface area contributed by atoms with Crippen molar-refractivity contribution in [3.63, 3.8) is 0 Å². The Kier molecular flexibility index (Phi) is 5.62. The maximum absolute atomic E-state index is 5.21. The number of nitrogens with one attached hydrogen (secondary N) is 1. The third kappa shape index (κ3) is 3.76. The lowest BCUT2D eigenvalue weighted by molar-refractivity contribution is 0.120. The molecule has 0 aromatic carbocycles. The Morgan fingerprint density at radius 1 is 1.33 bits per heavy atom. The van der Waals surface area contributed by atoms with Crippen LogP contribution >= 0.6 is 0 Å². The highest BCUT2D eigenvalue weighted by molar-refractivity contribution is 4.84. The highest BCUT2D eigenvalue weighted by Gasteiger charge is 2.30. The Morgan fingerprint density at radius 3 is 2.60 bits per heavy atom. The fraction of sp³-hybridized carbons (Fsp3) is 1.00. The maximum atomic E-state index is 5.21. The molecule has 0 heterocycles. The van der Waals surface area contributed by atoms with Crippen LogP contribution < -0.4 is 5.32 Å². The van der Waals surface area contributed by atoms with Crippen molar-refractivity contribution in [3.8, 4) is 0 Å². The molecule has 0 radical (unpaired) electrons. The summed E-state index contributed by atoms with van der Waals surface area (Å²) < 4.78 is 5.21. The summed E-state index contributed by atoms with van der Waals surface area (Å²) in [6.07, 6.45) is 5.33. The predicted octanol–water partition coefficient (Wildman–Crippen LogP) is 2.68. The quantitative estimate of drug-likeness (QED) is 0.758. The second kappa shape index (κ2) is 6.49. The van der Waals surface area contributed by atoms with Crippen LogP contribution in [0.2, 0.25) is 0 Å². The molecule has 3 atom stereocenters. The van der Waals surface area contributed by atoms with E-state index in [0.717, 1.165) is 30.4 Å². The molecule has 2 heteroatoms. The van der Waals surface area contributed by atoms with E-state index in [1.807, 2.05) is 0 Å². The first kappa shape index (κ1) is 13.0. The molecule has 0 aliphatic heterocycles. The van der Waals surface area contributed by atoms with Gasteiger partial charge in [-0.3, -0.25) is 0 Å². The number of rotatable bonds is 5. The van der Waals surface area contributed by atoms with Gasteiger partial charge in [0.25, 0.3) is 0 Å². The first-order valence-corrected chi connectivity index (χ1v) is 6.35. The first-order chi connectivity index (χ1) is 7.19. The molecule has 0 spiro atoms. The average molecular weight is 213 g/mol. The molecule has 0 bridgehead atoms. The van der Waals surface area contributed by atoms with Crippen LogP contribution in [0.5, 0.6) is 0 Å². The number of hydrogen-bond donors (Lipinski definition) is 1. The zero-order valence-electron chi connectivity index (χ0n) is 10.8. The van der Waals surface area contributed by atoms with Gasteiger partial charge >= 0.3 is 0 Å². The zero-order valence-corrected chi connectivity index (χ0v) is 10.8. The van der Waals surface area contributed by atoms with E-state index in [0.29, 0.717) is 0 Å². The fourth-order valence-electron chi connectivity index (χ4n) is 2.87. The third-order valence-electron chi connectivity index (χ3n) is 4.03. The van der Waals surface area contributed by atoms with Crippen LogP contribution in [0.1, 0.15) is 39.5 Å². The Balaban J connectivity index is 2.45. The summed E-state index contributed by atoms with van der Waals surface area (Å²) in [5.41, 5.74) is 0. The smallest absolute Gasteiger partial charge is 0.0465 e. The van der Waals surface area contributed by atoms with Gasteiger partial charge < -0.3 is 10.1 Å². The molecule has 1 aliphatic carbocycles. The van der Waals surface area contributed by atoms with Gasteiger partial charge in [0.05, 0.1) is 0 Å². The van der Waals surface area contributed by atoms with Gasteiger partial charge in [0.1, 0.15) is 0 Å². The van der Waals surface area contributed by atoms with Crippen LogP contribution in [0.25, 0.3) is 0 Å². The van der Waals surface area contributed by atoms with E-state index in [1.54, 1.807) is 7.11 Å². The molecule has 15 heavy (non-hydrogen) atoms. The Morgan fingerprint density at radius 2 is 2.07 bits per heavy atom. The molecular weight excluding hydrogens is 186 g/mol. The van der Waals surface area contributed by atoms with Gasteiger partial charge in [0, 0.05) is 19.8 Å². The summed E-state index contributed by atoms with van der Waals surface area (Å²) in [7, 11) is 3.90. The molecule has 1 aliphatic rings. The van der Waals surface area contributed by atoms with Crippen molar-refractivity contribution < 1.29 is 4.74 Å². The summed E-state index contributed by atoms with van der Waals surface area (Å²) in [5, 5.41) is 3.47. The minimum atomic E-state index is 0.718. The van der Waals surface area contributed by atoms with Crippen molar-refractivity contribution in [2.24, 2.45) is 17.8 Å². The Labute approximate surface area is 94.8 Å². The molecule has 1 rings (SSSR count). The molecule has 0 aromatic rings. The van der Waals surface area contributed by atoms with Crippen LogP contribution in [-0.4, -0.2) is 26.8 Å². The van der Waals surface area contributed by atoms with Crippen molar-refractivity contribution in [2.45, 2.75) is 45.6 Å². The van der Waals surface area contributed by atoms with Gasteiger partial charge in [-0.15, -0.1) is 0 Å². The summed E-state index contributed by atoms with van der Waals surface area (Å²) in [5.74, 6) is 2.58. The lowest BCUT2D eigenvalue weighted by Gasteiger charge is -2.37. The Hall–Kier alpha value is -0.0800. The normalized spacial score (nSPS) is 32.2. The predicted molar refractivity (Wildman–Crippen MR) is 65.0 cm³/mol. The van der Waals surface area contributed by atoms with Crippen LogP contribution in [0.3, 0.4) is 0 Å². The van der Waals surface area contributed by atoms with Crippen molar-refractivity contribution in [1.82, 2.24) is 5.32 Å². The summed E-state index contributed by atoms with van der Waals surface area (Å²) in [4.78, 5) is 0. The molecule has 0 aromatic heterocycles. The van der Waals surface area contributed by atoms with Crippen LogP contribution in [0.15, 0.2) is 0 Å². The van der Waals surface area contributed by atoms with Gasteiger partial charge in [-0.1, -0.05) is 13.8 Å². The largest absolute Gasteiger partial charge is 0.385 e. The van der Waals surface area contributed by atoms with Gasteiger partial charge in [0.2, 0.25) is 0 Å². The van der Waals surface area contributed by atoms with E-state index in [-0.39, 0.29) is 0 Å². The highest BCUT2D eigenvalue weighted by atomic mass is 16.5. The van der Waals surface area contributed by atoms with Crippen molar-refractivity contribution >= 4 is 0 Å². The standard InChI is InChI=1S/C13H27NO/c1-10(2)11-5-6-13(14-3)12(9-11)7-8-15-4/h10-14H,5-9H2,1-4H3. The second-order valence-electron chi connectivity index (χ2n) is 5.25. The van der Waals surface area contributed by atoms with E-state index in [1.165, 1.54) is 25.7 Å². The molecular formula is C13H27NO. The summed E-state index contributed by atoms with van der Waals surface area (Å²) in [6, 6.07) is 0.718. The SMILES string of the molecule is CNC1CCC(C(C)C)CC1CCOC. The van der Waals surface area contributed by atoms with Crippen LogP contribution in [0.4, 0.5) is 0 Å². The molecule has 90 valence electrons. The van der Waals surface area contributed by atoms with Crippen molar-refractivity contribution in [1.29, 1.82) is 0 Å². The zero-order chi connectivity index (χ0) is 11.3. The van der Waals surface area contributed by atoms with Gasteiger partial charge in [0.15, 0.2) is 0 Å². The first-order valence-electron chi connectivity index (χ1n) is 6.35. The third-order valence-corrected chi connectivity index (χ3v) is 4.03. The fourth-order valence-corrected chi connectivity index (χ4v) is 2.87. The maximum Gasteiger partial charge on any atom is 0.0465 e. The lowest BCUT2D eigenvalue weighted by atomic mass is 9.72. The van der Waals surface area contributed by atoms with E-state index < -0.39 is 0 Å².